The first-order chi connectivity index (χ1) is 15.4. The number of aliphatic hydroxyl groups is 1. The van der Waals surface area contributed by atoms with Crippen LogP contribution >= 0.6 is 11.6 Å². The second kappa shape index (κ2) is 7.36. The van der Waals surface area contributed by atoms with Gasteiger partial charge in [0.2, 0.25) is 0 Å². The fourth-order valence-corrected chi connectivity index (χ4v) is 7.67. The molecule has 0 spiro atoms. The molecular weight excluding hydrogens is 474 g/mol. The molecule has 176 valence electrons. The van der Waals surface area contributed by atoms with Crippen molar-refractivity contribution >= 4 is 44.1 Å². The summed E-state index contributed by atoms with van der Waals surface area (Å²) in [5, 5.41) is 22.0. The molecule has 0 heterocycles. The molecule has 0 aliphatic heterocycles. The Morgan fingerprint density at radius 1 is 1.15 bits per heavy atom. The Bertz CT molecular complexity index is 1290. The van der Waals surface area contributed by atoms with Crippen molar-refractivity contribution in [2.75, 3.05) is 6.61 Å². The second-order valence-corrected chi connectivity index (χ2v) is 11.8. The number of benzene rings is 2. The zero-order valence-electron chi connectivity index (χ0n) is 17.5. The highest BCUT2D eigenvalue weighted by molar-refractivity contribution is 7.86. The van der Waals surface area contributed by atoms with Gasteiger partial charge in [-0.15, -0.1) is 0 Å². The number of fused-ring (bicyclic) bond motifs is 1. The summed E-state index contributed by atoms with van der Waals surface area (Å²) in [5.74, 6) is -0.0582. The average molecular weight is 496 g/mol. The lowest BCUT2D eigenvalue weighted by Crippen LogP contribution is -2.57. The number of carbonyl (C=O) groups excluding carboxylic acids is 1. The summed E-state index contributed by atoms with van der Waals surface area (Å²) in [7, 11) is -4.83. The van der Waals surface area contributed by atoms with Gasteiger partial charge in [-0.1, -0.05) is 11.6 Å². The maximum atomic E-state index is 12.9. The van der Waals surface area contributed by atoms with Crippen molar-refractivity contribution in [1.29, 1.82) is 0 Å². The van der Waals surface area contributed by atoms with E-state index >= 15 is 0 Å². The molecule has 0 aromatic heterocycles. The van der Waals surface area contributed by atoms with Crippen molar-refractivity contribution in [3.05, 3.63) is 45.0 Å². The molecule has 4 bridgehead atoms. The number of nitro groups is 1. The van der Waals surface area contributed by atoms with Crippen LogP contribution in [0.15, 0.2) is 29.2 Å². The average Bonchev–Trinajstić information content (AvgIpc) is 2.68. The number of carbonyl (C=O) groups is 1. The number of rotatable bonds is 5. The minimum absolute atomic E-state index is 0.0725. The van der Waals surface area contributed by atoms with Gasteiger partial charge < -0.3 is 9.84 Å². The summed E-state index contributed by atoms with van der Waals surface area (Å²) in [4.78, 5) is 23.0. The van der Waals surface area contributed by atoms with Crippen LogP contribution in [-0.2, 0) is 14.9 Å². The van der Waals surface area contributed by atoms with E-state index in [0.717, 1.165) is 44.2 Å². The summed E-state index contributed by atoms with van der Waals surface area (Å²) in [6.45, 7) is 0.0725. The van der Waals surface area contributed by atoms with E-state index in [0.29, 0.717) is 18.3 Å². The lowest BCUT2D eigenvalue weighted by molar-refractivity contribution is -0.383. The zero-order valence-corrected chi connectivity index (χ0v) is 19.1. The number of hydrogen-bond acceptors (Lipinski definition) is 7. The Balaban J connectivity index is 1.50. The quantitative estimate of drug-likeness (QED) is 0.272. The van der Waals surface area contributed by atoms with Crippen molar-refractivity contribution < 1.29 is 32.5 Å². The minimum atomic E-state index is -4.83. The summed E-state index contributed by atoms with van der Waals surface area (Å²) < 4.78 is 39.3. The molecular formula is C22H22ClNO8S. The second-order valence-electron chi connectivity index (χ2n) is 9.99. The van der Waals surface area contributed by atoms with E-state index in [1.807, 2.05) is 0 Å². The van der Waals surface area contributed by atoms with Gasteiger partial charge in [-0.05, 0) is 68.6 Å². The molecule has 11 heteroatoms. The van der Waals surface area contributed by atoms with Gasteiger partial charge in [0, 0.05) is 21.9 Å². The lowest BCUT2D eigenvalue weighted by Gasteiger charge is -2.59. The Kier molecular flexibility index (Phi) is 5.02. The molecule has 2 aromatic rings. The molecule has 33 heavy (non-hydrogen) atoms. The van der Waals surface area contributed by atoms with Crippen molar-refractivity contribution in [1.82, 2.24) is 0 Å². The smallest absolute Gasteiger partial charge is 0.338 e. The summed E-state index contributed by atoms with van der Waals surface area (Å²) in [6.07, 6.45) is 4.89. The molecule has 4 aliphatic rings. The van der Waals surface area contributed by atoms with Gasteiger partial charge >= 0.3 is 5.97 Å². The van der Waals surface area contributed by atoms with E-state index in [2.05, 4.69) is 0 Å². The summed E-state index contributed by atoms with van der Waals surface area (Å²) >= 11 is 5.91. The Labute approximate surface area is 194 Å². The highest BCUT2D eigenvalue weighted by Crippen LogP contribution is 2.61. The molecule has 0 saturated heterocycles. The van der Waals surface area contributed by atoms with Crippen molar-refractivity contribution in [2.24, 2.45) is 17.3 Å². The van der Waals surface area contributed by atoms with Gasteiger partial charge in [-0.25, -0.2) is 4.79 Å². The molecule has 4 aliphatic carbocycles. The van der Waals surface area contributed by atoms with Crippen LogP contribution in [0, 0.1) is 27.4 Å². The van der Waals surface area contributed by atoms with Crippen molar-refractivity contribution in [3.63, 3.8) is 0 Å². The van der Waals surface area contributed by atoms with Gasteiger partial charge in [0.05, 0.1) is 28.1 Å². The fourth-order valence-electron chi connectivity index (χ4n) is 6.73. The van der Waals surface area contributed by atoms with Gasteiger partial charge in [0.15, 0.2) is 0 Å². The van der Waals surface area contributed by atoms with Crippen LogP contribution in [0.25, 0.3) is 10.8 Å². The number of nitrogens with zero attached hydrogens (tertiary/aromatic N) is 1. The maximum Gasteiger partial charge on any atom is 0.338 e. The third-order valence-electron chi connectivity index (χ3n) is 7.35. The first-order valence-electron chi connectivity index (χ1n) is 10.7. The molecule has 2 N–H and O–H groups in total. The molecule has 0 amide bonds. The highest BCUT2D eigenvalue weighted by atomic mass is 35.5. The molecule has 0 radical (unpaired) electrons. The first kappa shape index (κ1) is 22.5. The number of ether oxygens (including phenoxy) is 1. The standard InChI is InChI=1S/C22H22ClNO8S/c23-15-4-17-16(18(5-15)24(27)28)2-14(3-19(17)33(29,30)31)20(25)32-11-21-6-12-1-13(7-21)9-22(26,8-12)10-21/h2-5,12-13,26H,1,6-11H2,(H,29,30,31). The normalized spacial score (nSPS) is 30.5. The number of halogens is 1. The van der Waals surface area contributed by atoms with Crippen LogP contribution in [-0.4, -0.2) is 41.2 Å². The van der Waals surface area contributed by atoms with E-state index in [9.17, 15) is 33.0 Å². The van der Waals surface area contributed by atoms with Crippen LogP contribution in [0.3, 0.4) is 0 Å². The zero-order chi connectivity index (χ0) is 23.8. The van der Waals surface area contributed by atoms with E-state index in [4.69, 9.17) is 16.3 Å². The molecule has 2 atom stereocenters. The number of nitro benzene ring substituents is 1. The molecule has 4 saturated carbocycles. The van der Waals surface area contributed by atoms with Gasteiger partial charge in [0.25, 0.3) is 15.8 Å². The Hall–Kier alpha value is -2.27. The minimum Gasteiger partial charge on any atom is -0.462 e. The summed E-state index contributed by atoms with van der Waals surface area (Å²) in [5.41, 5.74) is -1.78. The third kappa shape index (κ3) is 3.99. The molecule has 2 aromatic carbocycles. The number of hydrogen-bond donors (Lipinski definition) is 2. The van der Waals surface area contributed by atoms with Crippen LogP contribution in [0.1, 0.15) is 48.9 Å². The summed E-state index contributed by atoms with van der Waals surface area (Å²) in [6, 6.07) is 4.34. The lowest BCUT2D eigenvalue weighted by atomic mass is 9.48. The Morgan fingerprint density at radius 2 is 1.82 bits per heavy atom. The molecule has 9 nitrogen and oxygen atoms in total. The molecule has 6 rings (SSSR count). The van der Waals surface area contributed by atoms with Crippen LogP contribution in [0.5, 0.6) is 0 Å². The number of esters is 1. The first-order valence-corrected chi connectivity index (χ1v) is 12.5. The largest absolute Gasteiger partial charge is 0.462 e. The van der Waals surface area contributed by atoms with E-state index in [-0.39, 0.29) is 33.4 Å². The maximum absolute atomic E-state index is 12.9. The molecule has 4 fully saturated rings. The van der Waals surface area contributed by atoms with Gasteiger partial charge in [-0.3, -0.25) is 14.7 Å². The van der Waals surface area contributed by atoms with Gasteiger partial charge in [0.1, 0.15) is 4.90 Å². The highest BCUT2D eigenvalue weighted by Gasteiger charge is 2.57. The topological polar surface area (TPSA) is 144 Å². The van der Waals surface area contributed by atoms with Crippen LogP contribution < -0.4 is 0 Å². The fraction of sp³-hybridized carbons (Fsp3) is 0.500. The molecule has 2 unspecified atom stereocenters. The Morgan fingerprint density at radius 3 is 2.39 bits per heavy atom. The van der Waals surface area contributed by atoms with E-state index in [1.165, 1.54) is 12.1 Å². The SMILES string of the molecule is O=C(OCC12CC3CC(CC(O)(C3)C1)C2)c1cc(S(=O)(=O)O)c2cc(Cl)cc([N+](=O)[O-])c2c1. The predicted octanol–water partition coefficient (Wildman–Crippen LogP) is 4.14. The van der Waals surface area contributed by atoms with Crippen LogP contribution in [0.2, 0.25) is 5.02 Å². The van der Waals surface area contributed by atoms with Crippen molar-refractivity contribution in [2.45, 2.75) is 49.0 Å². The monoisotopic (exact) mass is 495 g/mol. The van der Waals surface area contributed by atoms with Crippen molar-refractivity contribution in [3.8, 4) is 0 Å². The van der Waals surface area contributed by atoms with Gasteiger partial charge in [-0.2, -0.15) is 8.42 Å². The van der Waals surface area contributed by atoms with E-state index in [1.54, 1.807) is 0 Å². The predicted molar refractivity (Wildman–Crippen MR) is 118 cm³/mol. The van der Waals surface area contributed by atoms with E-state index < -0.39 is 37.2 Å². The third-order valence-corrected chi connectivity index (χ3v) is 8.46. The van der Waals surface area contributed by atoms with Crippen LogP contribution in [0.4, 0.5) is 5.69 Å². The number of non-ortho nitro benzene ring substituents is 1.